The fraction of sp³-hybridized carbons (Fsp3) is 0.533. The van der Waals surface area contributed by atoms with E-state index < -0.39 is 0 Å². The highest BCUT2D eigenvalue weighted by molar-refractivity contribution is 6.02. The molecule has 5 nitrogen and oxygen atoms in total. The summed E-state index contributed by atoms with van der Waals surface area (Å²) in [5.74, 6) is 0.0980. The molecule has 2 rings (SSSR count). The van der Waals surface area contributed by atoms with E-state index in [0.29, 0.717) is 5.56 Å². The van der Waals surface area contributed by atoms with Gasteiger partial charge >= 0.3 is 0 Å². The van der Waals surface area contributed by atoms with Crippen molar-refractivity contribution >= 4 is 11.5 Å². The first-order valence-corrected chi connectivity index (χ1v) is 7.04. The number of amidine groups is 1. The van der Waals surface area contributed by atoms with Crippen LogP contribution in [0, 0.1) is 6.92 Å². The molecule has 0 aliphatic heterocycles. The predicted molar refractivity (Wildman–Crippen MR) is 80.4 cm³/mol. The predicted octanol–water partition coefficient (Wildman–Crippen LogP) is 1.83. The zero-order valence-corrected chi connectivity index (χ0v) is 12.1. The Balaban J connectivity index is 2.40. The second-order valence-electron chi connectivity index (χ2n) is 5.49. The third kappa shape index (κ3) is 2.72. The molecule has 0 spiro atoms. The van der Waals surface area contributed by atoms with Crippen molar-refractivity contribution in [3.8, 4) is 0 Å². The van der Waals surface area contributed by atoms with E-state index >= 15 is 0 Å². The Hall–Kier alpha value is -1.75. The topological polar surface area (TPSA) is 82.1 Å². The average Bonchev–Trinajstić information content (AvgIpc) is 2.46. The van der Waals surface area contributed by atoms with E-state index in [-0.39, 0.29) is 18.0 Å². The van der Waals surface area contributed by atoms with Crippen LogP contribution < -0.4 is 10.6 Å². The molecule has 2 unspecified atom stereocenters. The third-order valence-electron chi connectivity index (χ3n) is 4.17. The van der Waals surface area contributed by atoms with Gasteiger partial charge in [-0.05, 0) is 31.4 Å². The first-order chi connectivity index (χ1) is 9.56. The van der Waals surface area contributed by atoms with Crippen LogP contribution in [0.15, 0.2) is 23.4 Å². The van der Waals surface area contributed by atoms with Crippen molar-refractivity contribution in [1.82, 2.24) is 0 Å². The van der Waals surface area contributed by atoms with Gasteiger partial charge in [0.2, 0.25) is 0 Å². The van der Waals surface area contributed by atoms with Crippen molar-refractivity contribution in [1.29, 1.82) is 0 Å². The highest BCUT2D eigenvalue weighted by Gasteiger charge is 2.29. The number of para-hydroxylation sites is 1. The quantitative estimate of drug-likeness (QED) is 0.341. The minimum Gasteiger partial charge on any atom is -0.409 e. The summed E-state index contributed by atoms with van der Waals surface area (Å²) in [5.41, 5.74) is 8.45. The molecule has 2 atom stereocenters. The molecular weight excluding hydrogens is 254 g/mol. The molecule has 1 aliphatic rings. The lowest BCUT2D eigenvalue weighted by molar-refractivity contribution is 0.106. The molecule has 0 amide bonds. The van der Waals surface area contributed by atoms with Gasteiger partial charge in [-0.2, -0.15) is 0 Å². The standard InChI is InChI=1S/C15H23N3O2/c1-10-6-5-7-11(15(16)17-20)14(10)18(2)12-8-3-4-9-13(12)19/h5-7,12-13,19-20H,3-4,8-9H2,1-2H3,(H2,16,17). The summed E-state index contributed by atoms with van der Waals surface area (Å²) < 4.78 is 0. The van der Waals surface area contributed by atoms with Gasteiger partial charge in [0, 0.05) is 12.6 Å². The van der Waals surface area contributed by atoms with Crippen LogP contribution >= 0.6 is 0 Å². The normalized spacial score (nSPS) is 23.6. The van der Waals surface area contributed by atoms with Gasteiger partial charge in [-0.25, -0.2) is 0 Å². The fourth-order valence-electron chi connectivity index (χ4n) is 3.10. The molecular formula is C15H23N3O2. The van der Waals surface area contributed by atoms with E-state index in [1.807, 2.05) is 32.2 Å². The molecule has 20 heavy (non-hydrogen) atoms. The van der Waals surface area contributed by atoms with E-state index in [2.05, 4.69) is 10.1 Å². The molecule has 0 aromatic heterocycles. The smallest absolute Gasteiger partial charge is 0.172 e. The molecule has 1 saturated carbocycles. The molecule has 0 heterocycles. The van der Waals surface area contributed by atoms with E-state index in [9.17, 15) is 5.11 Å². The molecule has 0 radical (unpaired) electrons. The van der Waals surface area contributed by atoms with Crippen LogP contribution in [0.2, 0.25) is 0 Å². The van der Waals surface area contributed by atoms with Crippen molar-refractivity contribution in [2.75, 3.05) is 11.9 Å². The van der Waals surface area contributed by atoms with Gasteiger partial charge in [-0.1, -0.05) is 30.1 Å². The van der Waals surface area contributed by atoms with E-state index in [0.717, 1.165) is 36.9 Å². The zero-order chi connectivity index (χ0) is 14.7. The van der Waals surface area contributed by atoms with Crippen molar-refractivity contribution in [3.05, 3.63) is 29.3 Å². The number of oxime groups is 1. The summed E-state index contributed by atoms with van der Waals surface area (Å²) in [4.78, 5) is 2.08. The highest BCUT2D eigenvalue weighted by atomic mass is 16.4. The second-order valence-corrected chi connectivity index (χ2v) is 5.49. The lowest BCUT2D eigenvalue weighted by Crippen LogP contribution is -2.44. The maximum atomic E-state index is 10.2. The summed E-state index contributed by atoms with van der Waals surface area (Å²) in [7, 11) is 1.97. The maximum Gasteiger partial charge on any atom is 0.172 e. The van der Waals surface area contributed by atoms with E-state index in [1.54, 1.807) is 0 Å². The van der Waals surface area contributed by atoms with Gasteiger partial charge in [0.25, 0.3) is 0 Å². The van der Waals surface area contributed by atoms with Crippen molar-refractivity contribution in [2.24, 2.45) is 10.9 Å². The summed E-state index contributed by atoms with van der Waals surface area (Å²) in [6.07, 6.45) is 3.67. The summed E-state index contributed by atoms with van der Waals surface area (Å²) in [5, 5.41) is 22.3. The van der Waals surface area contributed by atoms with Crippen LogP contribution in [0.1, 0.15) is 36.8 Å². The molecule has 1 aromatic rings. The monoisotopic (exact) mass is 277 g/mol. The second kappa shape index (κ2) is 6.13. The number of rotatable bonds is 3. The minimum absolute atomic E-state index is 0.0788. The molecule has 1 aromatic carbocycles. The SMILES string of the molecule is Cc1cccc(/C(N)=N/O)c1N(C)C1CCCCC1O. The summed E-state index contributed by atoms with van der Waals surface area (Å²) in [6.45, 7) is 2.00. The number of likely N-dealkylation sites (N-methyl/N-ethyl adjacent to an activating group) is 1. The number of benzene rings is 1. The Labute approximate surface area is 119 Å². The van der Waals surface area contributed by atoms with Gasteiger partial charge in [-0.15, -0.1) is 0 Å². The third-order valence-corrected chi connectivity index (χ3v) is 4.17. The van der Waals surface area contributed by atoms with Crippen LogP contribution in [0.25, 0.3) is 0 Å². The first kappa shape index (κ1) is 14.7. The van der Waals surface area contributed by atoms with Gasteiger partial charge in [-0.3, -0.25) is 0 Å². The molecule has 5 heteroatoms. The van der Waals surface area contributed by atoms with Crippen LogP contribution in [-0.4, -0.2) is 35.3 Å². The lowest BCUT2D eigenvalue weighted by Gasteiger charge is -2.38. The van der Waals surface area contributed by atoms with E-state index in [1.165, 1.54) is 0 Å². The Kier molecular flexibility index (Phi) is 4.49. The van der Waals surface area contributed by atoms with E-state index in [4.69, 9.17) is 10.9 Å². The summed E-state index contributed by atoms with van der Waals surface area (Å²) >= 11 is 0. The van der Waals surface area contributed by atoms with Crippen LogP contribution in [-0.2, 0) is 0 Å². The fourth-order valence-corrected chi connectivity index (χ4v) is 3.10. The van der Waals surface area contributed by atoms with Crippen molar-refractivity contribution in [3.63, 3.8) is 0 Å². The first-order valence-electron chi connectivity index (χ1n) is 7.04. The summed E-state index contributed by atoms with van der Waals surface area (Å²) in [6, 6.07) is 5.80. The van der Waals surface area contributed by atoms with Gasteiger partial charge in [0.05, 0.1) is 17.8 Å². The number of aliphatic hydroxyl groups excluding tert-OH is 1. The molecule has 1 fully saturated rings. The van der Waals surface area contributed by atoms with Crippen LogP contribution in [0.3, 0.4) is 0 Å². The Morgan fingerprint density at radius 2 is 2.05 bits per heavy atom. The Morgan fingerprint density at radius 1 is 1.35 bits per heavy atom. The van der Waals surface area contributed by atoms with Crippen molar-refractivity contribution in [2.45, 2.75) is 44.8 Å². The minimum atomic E-state index is -0.325. The number of hydrogen-bond acceptors (Lipinski definition) is 4. The Morgan fingerprint density at radius 3 is 2.70 bits per heavy atom. The number of aliphatic hydroxyl groups is 1. The Bertz CT molecular complexity index is 502. The van der Waals surface area contributed by atoms with Crippen LogP contribution in [0.5, 0.6) is 0 Å². The van der Waals surface area contributed by atoms with Crippen molar-refractivity contribution < 1.29 is 10.3 Å². The highest BCUT2D eigenvalue weighted by Crippen LogP contribution is 2.31. The van der Waals surface area contributed by atoms with Gasteiger partial charge in [0.15, 0.2) is 5.84 Å². The molecule has 0 saturated heterocycles. The number of nitrogens with two attached hydrogens (primary N) is 1. The molecule has 110 valence electrons. The number of anilines is 1. The average molecular weight is 277 g/mol. The zero-order valence-electron chi connectivity index (χ0n) is 12.1. The number of nitrogens with zero attached hydrogens (tertiary/aromatic N) is 2. The number of aryl methyl sites for hydroxylation is 1. The van der Waals surface area contributed by atoms with Gasteiger partial charge < -0.3 is 20.9 Å². The number of hydrogen-bond donors (Lipinski definition) is 3. The largest absolute Gasteiger partial charge is 0.409 e. The molecule has 1 aliphatic carbocycles. The molecule has 4 N–H and O–H groups in total. The maximum absolute atomic E-state index is 10.2. The van der Waals surface area contributed by atoms with Crippen LogP contribution in [0.4, 0.5) is 5.69 Å². The molecule has 0 bridgehead atoms. The lowest BCUT2D eigenvalue weighted by atomic mass is 9.90. The van der Waals surface area contributed by atoms with Gasteiger partial charge in [0.1, 0.15) is 0 Å².